The molecule has 0 saturated carbocycles. The van der Waals surface area contributed by atoms with Gasteiger partial charge in [0, 0.05) is 17.7 Å². The molecule has 150 valence electrons. The second kappa shape index (κ2) is 7.67. The molecular weight excluding hydrogens is 376 g/mol. The normalized spacial score (nSPS) is 13.7. The van der Waals surface area contributed by atoms with Gasteiger partial charge in [0.1, 0.15) is 12.4 Å². The van der Waals surface area contributed by atoms with Gasteiger partial charge in [-0.1, -0.05) is 30.3 Å². The fourth-order valence-electron chi connectivity index (χ4n) is 4.17. The monoisotopic (exact) mass is 398 g/mol. The van der Waals surface area contributed by atoms with Gasteiger partial charge in [-0.25, -0.2) is 0 Å². The van der Waals surface area contributed by atoms with Gasteiger partial charge in [0.2, 0.25) is 5.91 Å². The van der Waals surface area contributed by atoms with Crippen LogP contribution in [0.5, 0.6) is 5.75 Å². The van der Waals surface area contributed by atoms with Crippen molar-refractivity contribution in [2.45, 2.75) is 19.3 Å². The van der Waals surface area contributed by atoms with Crippen LogP contribution >= 0.6 is 0 Å². The average Bonchev–Trinajstić information content (AvgIpc) is 3.14. The maximum Gasteiger partial charge on any atom is 0.251 e. The molecule has 0 radical (unpaired) electrons. The van der Waals surface area contributed by atoms with Gasteiger partial charge in [-0.2, -0.15) is 0 Å². The number of aryl methyl sites for hydroxylation is 1. The first-order valence-corrected chi connectivity index (χ1v) is 10.2. The first-order chi connectivity index (χ1) is 14.7. The predicted molar refractivity (Wildman–Crippen MR) is 116 cm³/mol. The highest BCUT2D eigenvalue weighted by Crippen LogP contribution is 2.36. The van der Waals surface area contributed by atoms with Crippen LogP contribution in [-0.4, -0.2) is 25.0 Å². The molecule has 1 heterocycles. The number of amides is 2. The Hall–Kier alpha value is -3.60. The molecule has 0 fully saturated rings. The molecule has 5 rings (SSSR count). The second-order valence-electron chi connectivity index (χ2n) is 7.68. The average molecular weight is 398 g/mol. The summed E-state index contributed by atoms with van der Waals surface area (Å²) in [6, 6.07) is 19.9. The third-order valence-corrected chi connectivity index (χ3v) is 5.68. The zero-order valence-corrected chi connectivity index (χ0v) is 16.5. The molecule has 0 saturated heterocycles. The number of carbonyl (C=O) groups excluding carboxylic acids is 2. The summed E-state index contributed by atoms with van der Waals surface area (Å²) in [5.41, 5.74) is 7.59. The van der Waals surface area contributed by atoms with Crippen molar-refractivity contribution >= 4 is 17.5 Å². The van der Waals surface area contributed by atoms with Crippen molar-refractivity contribution in [1.82, 2.24) is 5.32 Å². The number of fused-ring (bicyclic) bond motifs is 4. The fraction of sp³-hybridized carbons (Fsp3) is 0.200. The minimum Gasteiger partial charge on any atom is -0.492 e. The molecule has 0 atom stereocenters. The SMILES string of the molecule is O=C1CCc2cc(OCCNC(=O)c3ccc4c(c3)Cc3ccccc3-4)ccc2N1. The molecule has 5 nitrogen and oxygen atoms in total. The first-order valence-electron chi connectivity index (χ1n) is 10.2. The van der Waals surface area contributed by atoms with E-state index in [0.717, 1.165) is 29.8 Å². The van der Waals surface area contributed by atoms with Crippen LogP contribution < -0.4 is 15.4 Å². The van der Waals surface area contributed by atoms with Crippen molar-refractivity contribution in [1.29, 1.82) is 0 Å². The van der Waals surface area contributed by atoms with Crippen LogP contribution in [0.3, 0.4) is 0 Å². The quantitative estimate of drug-likeness (QED) is 0.500. The second-order valence-corrected chi connectivity index (χ2v) is 7.68. The van der Waals surface area contributed by atoms with Crippen LogP contribution in [0.15, 0.2) is 60.7 Å². The van der Waals surface area contributed by atoms with E-state index in [2.05, 4.69) is 28.8 Å². The molecule has 30 heavy (non-hydrogen) atoms. The molecule has 1 aliphatic heterocycles. The van der Waals surface area contributed by atoms with E-state index in [1.165, 1.54) is 22.3 Å². The lowest BCUT2D eigenvalue weighted by atomic mass is 10.0. The smallest absolute Gasteiger partial charge is 0.251 e. The summed E-state index contributed by atoms with van der Waals surface area (Å²) in [7, 11) is 0. The standard InChI is InChI=1S/C25H22N2O3/c28-24-10-6-17-15-20(7-9-23(17)27-24)30-12-11-26-25(29)18-5-8-22-19(14-18)13-16-3-1-2-4-21(16)22/h1-5,7-9,14-15H,6,10-13H2,(H,26,29)(H,27,28). The van der Waals surface area contributed by atoms with Gasteiger partial charge in [0.25, 0.3) is 5.91 Å². The van der Waals surface area contributed by atoms with Crippen LogP contribution in [-0.2, 0) is 17.6 Å². The highest BCUT2D eigenvalue weighted by atomic mass is 16.5. The lowest BCUT2D eigenvalue weighted by molar-refractivity contribution is -0.116. The first kappa shape index (κ1) is 18.4. The van der Waals surface area contributed by atoms with Gasteiger partial charge < -0.3 is 15.4 Å². The van der Waals surface area contributed by atoms with Crippen molar-refractivity contribution in [3.8, 4) is 16.9 Å². The summed E-state index contributed by atoms with van der Waals surface area (Å²) in [6.45, 7) is 0.803. The Labute approximate surface area is 175 Å². The fourth-order valence-corrected chi connectivity index (χ4v) is 4.17. The van der Waals surface area contributed by atoms with Crippen LogP contribution in [0, 0.1) is 0 Å². The third-order valence-electron chi connectivity index (χ3n) is 5.68. The number of hydrogen-bond acceptors (Lipinski definition) is 3. The number of anilines is 1. The minimum atomic E-state index is -0.0921. The van der Waals surface area contributed by atoms with E-state index < -0.39 is 0 Å². The lowest BCUT2D eigenvalue weighted by Crippen LogP contribution is -2.28. The van der Waals surface area contributed by atoms with Gasteiger partial charge in [-0.05, 0) is 71.0 Å². The molecule has 2 amide bonds. The van der Waals surface area contributed by atoms with Crippen molar-refractivity contribution in [2.75, 3.05) is 18.5 Å². The molecule has 3 aromatic rings. The summed E-state index contributed by atoms with van der Waals surface area (Å²) in [5.74, 6) is 0.703. The van der Waals surface area contributed by atoms with Gasteiger partial charge in [0.15, 0.2) is 0 Å². The molecule has 3 aromatic carbocycles. The maximum atomic E-state index is 12.5. The molecule has 0 bridgehead atoms. The Morgan fingerprint density at radius 1 is 0.933 bits per heavy atom. The molecule has 2 aliphatic rings. The zero-order chi connectivity index (χ0) is 20.5. The van der Waals surface area contributed by atoms with E-state index in [-0.39, 0.29) is 11.8 Å². The molecule has 1 aliphatic carbocycles. The zero-order valence-electron chi connectivity index (χ0n) is 16.5. The van der Waals surface area contributed by atoms with E-state index >= 15 is 0 Å². The van der Waals surface area contributed by atoms with Crippen molar-refractivity contribution in [3.63, 3.8) is 0 Å². The Bertz CT molecular complexity index is 1150. The third kappa shape index (κ3) is 3.54. The topological polar surface area (TPSA) is 67.4 Å². The number of nitrogens with one attached hydrogen (secondary N) is 2. The summed E-state index contributed by atoms with van der Waals surface area (Å²) >= 11 is 0. The van der Waals surface area contributed by atoms with Crippen molar-refractivity contribution in [3.05, 3.63) is 82.9 Å². The van der Waals surface area contributed by atoms with Crippen LogP contribution in [0.25, 0.3) is 11.1 Å². The molecular formula is C25H22N2O3. The number of hydrogen-bond donors (Lipinski definition) is 2. The number of benzene rings is 3. The van der Waals surface area contributed by atoms with Crippen molar-refractivity contribution in [2.24, 2.45) is 0 Å². The summed E-state index contributed by atoms with van der Waals surface area (Å²) < 4.78 is 5.77. The summed E-state index contributed by atoms with van der Waals surface area (Å²) in [5, 5.41) is 5.79. The molecule has 5 heteroatoms. The molecule has 0 aromatic heterocycles. The Balaban J connectivity index is 1.16. The number of carbonyl (C=O) groups is 2. The number of ether oxygens (including phenoxy) is 1. The Kier molecular flexibility index (Phi) is 4.71. The van der Waals surface area contributed by atoms with Crippen LogP contribution in [0.1, 0.15) is 33.5 Å². The molecule has 0 spiro atoms. The van der Waals surface area contributed by atoms with E-state index in [0.29, 0.717) is 25.1 Å². The number of rotatable bonds is 5. The van der Waals surface area contributed by atoms with E-state index in [4.69, 9.17) is 4.74 Å². The largest absolute Gasteiger partial charge is 0.492 e. The van der Waals surface area contributed by atoms with E-state index in [1.807, 2.05) is 42.5 Å². The lowest BCUT2D eigenvalue weighted by Gasteiger charge is -2.17. The van der Waals surface area contributed by atoms with E-state index in [9.17, 15) is 9.59 Å². The predicted octanol–water partition coefficient (Wildman–Crippen LogP) is 3.95. The van der Waals surface area contributed by atoms with Gasteiger partial charge in [0.05, 0.1) is 6.54 Å². The maximum absolute atomic E-state index is 12.5. The molecule has 2 N–H and O–H groups in total. The minimum absolute atomic E-state index is 0.0503. The van der Waals surface area contributed by atoms with E-state index in [1.54, 1.807) is 0 Å². The van der Waals surface area contributed by atoms with Gasteiger partial charge in [-0.15, -0.1) is 0 Å². The summed E-state index contributed by atoms with van der Waals surface area (Å²) in [6.07, 6.45) is 2.09. The highest BCUT2D eigenvalue weighted by Gasteiger charge is 2.19. The van der Waals surface area contributed by atoms with Crippen LogP contribution in [0.2, 0.25) is 0 Å². The summed E-state index contributed by atoms with van der Waals surface area (Å²) in [4.78, 5) is 24.0. The Morgan fingerprint density at radius 3 is 2.73 bits per heavy atom. The van der Waals surface area contributed by atoms with Crippen LogP contribution in [0.4, 0.5) is 5.69 Å². The van der Waals surface area contributed by atoms with Crippen molar-refractivity contribution < 1.29 is 14.3 Å². The highest BCUT2D eigenvalue weighted by molar-refractivity contribution is 5.96. The van der Waals surface area contributed by atoms with Gasteiger partial charge >= 0.3 is 0 Å². The van der Waals surface area contributed by atoms with Gasteiger partial charge in [-0.3, -0.25) is 9.59 Å². The Morgan fingerprint density at radius 2 is 1.80 bits per heavy atom. The molecule has 0 unspecified atom stereocenters.